The first-order valence-electron chi connectivity index (χ1n) is 7.31. The molecule has 1 aromatic heterocycles. The second-order valence-electron chi connectivity index (χ2n) is 5.52. The van der Waals surface area contributed by atoms with E-state index in [0.717, 1.165) is 11.3 Å². The van der Waals surface area contributed by atoms with Gasteiger partial charge in [-0.2, -0.15) is 0 Å². The van der Waals surface area contributed by atoms with E-state index in [2.05, 4.69) is 4.98 Å². The Morgan fingerprint density at radius 2 is 1.95 bits per heavy atom. The van der Waals surface area contributed by atoms with E-state index >= 15 is 0 Å². The average molecular weight is 322 g/mol. The Labute approximate surface area is 132 Å². The zero-order valence-electron chi connectivity index (χ0n) is 13.6. The van der Waals surface area contributed by atoms with Crippen molar-refractivity contribution in [3.63, 3.8) is 0 Å². The third-order valence-electron chi connectivity index (χ3n) is 3.55. The van der Waals surface area contributed by atoms with Crippen molar-refractivity contribution in [1.29, 1.82) is 0 Å². The maximum Gasteiger partial charge on any atom is 0.269 e. The Balaban J connectivity index is 2.66. The zero-order valence-corrected chi connectivity index (χ0v) is 14.4. The molecule has 5 nitrogen and oxygen atoms in total. The molecule has 0 N–H and O–H groups in total. The fourth-order valence-electron chi connectivity index (χ4n) is 2.41. The molecule has 0 saturated heterocycles. The Bertz CT molecular complexity index is 777. The Morgan fingerprint density at radius 1 is 1.27 bits per heavy atom. The minimum atomic E-state index is -3.65. The molecule has 0 aliphatic carbocycles. The molecule has 0 aliphatic heterocycles. The van der Waals surface area contributed by atoms with Crippen molar-refractivity contribution in [3.05, 3.63) is 41.5 Å². The summed E-state index contributed by atoms with van der Waals surface area (Å²) < 4.78 is 32.6. The van der Waals surface area contributed by atoms with Gasteiger partial charge in [-0.25, -0.2) is 17.4 Å². The maximum atomic E-state index is 12.9. The molecule has 0 saturated carbocycles. The van der Waals surface area contributed by atoms with E-state index in [1.165, 1.54) is 16.4 Å². The van der Waals surface area contributed by atoms with Crippen LogP contribution in [0.1, 0.15) is 43.6 Å². The minimum Gasteiger partial charge on any atom is -0.494 e. The second-order valence-corrected chi connectivity index (χ2v) is 7.30. The van der Waals surface area contributed by atoms with Crippen LogP contribution in [0.25, 0.3) is 0 Å². The Kier molecular flexibility index (Phi) is 4.60. The molecule has 0 aliphatic rings. The van der Waals surface area contributed by atoms with Crippen LogP contribution in [0.5, 0.6) is 5.75 Å². The number of aryl methyl sites for hydroxylation is 2. The van der Waals surface area contributed by atoms with Crippen LogP contribution in [0.4, 0.5) is 0 Å². The van der Waals surface area contributed by atoms with E-state index in [1.54, 1.807) is 26.0 Å². The highest BCUT2D eigenvalue weighted by atomic mass is 32.2. The fourth-order valence-corrected chi connectivity index (χ4v) is 3.98. The molecule has 2 rings (SSSR count). The quantitative estimate of drug-likeness (QED) is 0.847. The number of nitrogens with zero attached hydrogens (tertiary/aromatic N) is 2. The van der Waals surface area contributed by atoms with E-state index in [1.807, 2.05) is 20.8 Å². The van der Waals surface area contributed by atoms with Crippen molar-refractivity contribution >= 4 is 10.0 Å². The van der Waals surface area contributed by atoms with Gasteiger partial charge in [-0.15, -0.1) is 0 Å². The lowest BCUT2D eigenvalue weighted by molar-refractivity contribution is 0.334. The molecule has 0 spiro atoms. The van der Waals surface area contributed by atoms with Gasteiger partial charge in [0, 0.05) is 12.4 Å². The molecule has 1 aromatic carbocycles. The van der Waals surface area contributed by atoms with Crippen molar-refractivity contribution in [1.82, 2.24) is 8.96 Å². The van der Waals surface area contributed by atoms with Crippen molar-refractivity contribution < 1.29 is 13.2 Å². The van der Waals surface area contributed by atoms with E-state index in [9.17, 15) is 8.42 Å². The first-order chi connectivity index (χ1) is 10.3. The summed E-state index contributed by atoms with van der Waals surface area (Å²) in [7, 11) is -3.65. The van der Waals surface area contributed by atoms with Crippen LogP contribution in [0.15, 0.2) is 29.4 Å². The van der Waals surface area contributed by atoms with Gasteiger partial charge in [-0.3, -0.25) is 0 Å². The standard InChI is InChI=1S/C16H22N2O3S/c1-6-21-15-9-12(4)16(10-14(15)11(2)3)22(19,20)18-8-7-17-13(18)5/h7-11H,6H2,1-5H3. The SMILES string of the molecule is CCOc1cc(C)c(S(=O)(=O)n2ccnc2C)cc1C(C)C. The summed E-state index contributed by atoms with van der Waals surface area (Å²) in [6.07, 6.45) is 2.95. The maximum absolute atomic E-state index is 12.9. The molecule has 120 valence electrons. The van der Waals surface area contributed by atoms with Gasteiger partial charge < -0.3 is 4.74 Å². The minimum absolute atomic E-state index is 0.167. The van der Waals surface area contributed by atoms with E-state index < -0.39 is 10.0 Å². The molecule has 0 radical (unpaired) electrons. The molecule has 0 fully saturated rings. The predicted molar refractivity (Wildman–Crippen MR) is 86.0 cm³/mol. The third-order valence-corrected chi connectivity index (χ3v) is 5.45. The molecular weight excluding hydrogens is 300 g/mol. The molecular formula is C16H22N2O3S. The van der Waals surface area contributed by atoms with Crippen LogP contribution >= 0.6 is 0 Å². The summed E-state index contributed by atoms with van der Waals surface area (Å²) in [4.78, 5) is 4.29. The summed E-state index contributed by atoms with van der Waals surface area (Å²) in [5.41, 5.74) is 1.56. The van der Waals surface area contributed by atoms with E-state index in [4.69, 9.17) is 4.74 Å². The lowest BCUT2D eigenvalue weighted by Crippen LogP contribution is -2.16. The number of rotatable bonds is 5. The first kappa shape index (κ1) is 16.5. The summed E-state index contributed by atoms with van der Waals surface area (Å²) >= 11 is 0. The van der Waals surface area contributed by atoms with Gasteiger partial charge in [0.2, 0.25) is 0 Å². The summed E-state index contributed by atoms with van der Waals surface area (Å²) in [5.74, 6) is 1.36. The normalized spacial score (nSPS) is 11.9. The van der Waals surface area contributed by atoms with Gasteiger partial charge in [0.05, 0.1) is 11.5 Å². The third kappa shape index (κ3) is 2.88. The van der Waals surface area contributed by atoms with Crippen LogP contribution in [0.3, 0.4) is 0 Å². The number of imidazole rings is 1. The average Bonchev–Trinajstić information content (AvgIpc) is 2.85. The Hall–Kier alpha value is -1.82. The summed E-state index contributed by atoms with van der Waals surface area (Å²) in [6, 6.07) is 3.53. The lowest BCUT2D eigenvalue weighted by atomic mass is 10.0. The smallest absolute Gasteiger partial charge is 0.269 e. The summed E-state index contributed by atoms with van der Waals surface area (Å²) in [5, 5.41) is 0. The van der Waals surface area contributed by atoms with E-state index in [-0.39, 0.29) is 5.92 Å². The molecule has 0 unspecified atom stereocenters. The fraction of sp³-hybridized carbons (Fsp3) is 0.438. The van der Waals surface area contributed by atoms with Crippen LogP contribution in [0, 0.1) is 13.8 Å². The highest BCUT2D eigenvalue weighted by molar-refractivity contribution is 7.90. The monoisotopic (exact) mass is 322 g/mol. The molecule has 0 atom stereocenters. The van der Waals surface area contributed by atoms with Crippen LogP contribution in [-0.2, 0) is 10.0 Å². The first-order valence-corrected chi connectivity index (χ1v) is 8.76. The Morgan fingerprint density at radius 3 is 2.45 bits per heavy atom. The van der Waals surface area contributed by atoms with Gasteiger partial charge in [0.15, 0.2) is 0 Å². The highest BCUT2D eigenvalue weighted by Gasteiger charge is 2.23. The van der Waals surface area contributed by atoms with Gasteiger partial charge >= 0.3 is 0 Å². The van der Waals surface area contributed by atoms with Crippen molar-refractivity contribution in [2.45, 2.75) is 45.4 Å². The number of hydrogen-bond donors (Lipinski definition) is 0. The van der Waals surface area contributed by atoms with Crippen LogP contribution in [0.2, 0.25) is 0 Å². The highest BCUT2D eigenvalue weighted by Crippen LogP contribution is 2.32. The van der Waals surface area contributed by atoms with Gasteiger partial charge in [-0.1, -0.05) is 13.8 Å². The molecule has 0 amide bonds. The van der Waals surface area contributed by atoms with Crippen molar-refractivity contribution in [2.75, 3.05) is 6.61 Å². The van der Waals surface area contributed by atoms with Crippen molar-refractivity contribution in [3.8, 4) is 5.75 Å². The molecule has 2 aromatic rings. The van der Waals surface area contributed by atoms with Crippen LogP contribution < -0.4 is 4.74 Å². The van der Waals surface area contributed by atoms with Gasteiger partial charge in [-0.05, 0) is 49.9 Å². The number of aromatic nitrogens is 2. The number of hydrogen-bond acceptors (Lipinski definition) is 4. The van der Waals surface area contributed by atoms with Gasteiger partial charge in [0.25, 0.3) is 10.0 Å². The second kappa shape index (κ2) is 6.12. The van der Waals surface area contributed by atoms with Crippen molar-refractivity contribution in [2.24, 2.45) is 0 Å². The van der Waals surface area contributed by atoms with Crippen LogP contribution in [-0.4, -0.2) is 24.0 Å². The predicted octanol–water partition coefficient (Wildman–Crippen LogP) is 3.26. The van der Waals surface area contributed by atoms with E-state index in [0.29, 0.717) is 22.9 Å². The zero-order chi connectivity index (χ0) is 16.5. The number of benzene rings is 1. The largest absolute Gasteiger partial charge is 0.494 e. The molecule has 22 heavy (non-hydrogen) atoms. The molecule has 6 heteroatoms. The van der Waals surface area contributed by atoms with Gasteiger partial charge in [0.1, 0.15) is 11.6 Å². The summed E-state index contributed by atoms with van der Waals surface area (Å²) in [6.45, 7) is 9.96. The number of ether oxygens (including phenoxy) is 1. The molecule has 0 bridgehead atoms. The molecule has 1 heterocycles. The topological polar surface area (TPSA) is 61.2 Å². The lowest BCUT2D eigenvalue weighted by Gasteiger charge is -2.17.